The van der Waals surface area contributed by atoms with Crippen molar-refractivity contribution in [1.29, 1.82) is 0 Å². The SMILES string of the molecule is CC(C)(C)C(=O)NCC/C=C/c1ccccc1. The average molecular weight is 231 g/mol. The van der Waals surface area contributed by atoms with Crippen LogP contribution in [0.1, 0.15) is 32.8 Å². The fourth-order valence-electron chi connectivity index (χ4n) is 1.32. The molecule has 2 nitrogen and oxygen atoms in total. The number of carbonyl (C=O) groups is 1. The first-order chi connectivity index (χ1) is 8.00. The average Bonchev–Trinajstić information content (AvgIpc) is 2.28. The highest BCUT2D eigenvalue weighted by molar-refractivity contribution is 5.81. The number of rotatable bonds is 4. The Morgan fingerprint density at radius 3 is 2.47 bits per heavy atom. The van der Waals surface area contributed by atoms with Crippen LogP contribution in [-0.4, -0.2) is 12.5 Å². The summed E-state index contributed by atoms with van der Waals surface area (Å²) in [6.45, 7) is 6.45. The molecule has 0 aromatic heterocycles. The molecular formula is C15H21NO. The molecule has 0 radical (unpaired) electrons. The minimum Gasteiger partial charge on any atom is -0.355 e. The van der Waals surface area contributed by atoms with E-state index in [4.69, 9.17) is 0 Å². The maximum absolute atomic E-state index is 11.6. The van der Waals surface area contributed by atoms with Gasteiger partial charge in [-0.15, -0.1) is 0 Å². The summed E-state index contributed by atoms with van der Waals surface area (Å²) in [5.74, 6) is 0.102. The fraction of sp³-hybridized carbons (Fsp3) is 0.400. The molecule has 0 heterocycles. The Bertz CT molecular complexity index is 374. The van der Waals surface area contributed by atoms with Crippen LogP contribution in [0.3, 0.4) is 0 Å². The van der Waals surface area contributed by atoms with Gasteiger partial charge < -0.3 is 5.32 Å². The van der Waals surface area contributed by atoms with Crippen LogP contribution in [0, 0.1) is 5.41 Å². The maximum Gasteiger partial charge on any atom is 0.225 e. The topological polar surface area (TPSA) is 29.1 Å². The molecule has 92 valence electrons. The van der Waals surface area contributed by atoms with Gasteiger partial charge in [0, 0.05) is 12.0 Å². The lowest BCUT2D eigenvalue weighted by Gasteiger charge is -2.16. The van der Waals surface area contributed by atoms with Crippen molar-refractivity contribution in [3.8, 4) is 0 Å². The number of hydrogen-bond donors (Lipinski definition) is 1. The van der Waals surface area contributed by atoms with Crippen LogP contribution in [0.5, 0.6) is 0 Å². The van der Waals surface area contributed by atoms with E-state index in [1.54, 1.807) is 0 Å². The van der Waals surface area contributed by atoms with Crippen molar-refractivity contribution in [1.82, 2.24) is 5.32 Å². The van der Waals surface area contributed by atoms with Gasteiger partial charge in [0.25, 0.3) is 0 Å². The van der Waals surface area contributed by atoms with Crippen LogP contribution in [0.4, 0.5) is 0 Å². The molecule has 0 spiro atoms. The molecule has 1 aromatic carbocycles. The Balaban J connectivity index is 2.25. The Hall–Kier alpha value is -1.57. The summed E-state index contributed by atoms with van der Waals surface area (Å²) in [6, 6.07) is 10.2. The van der Waals surface area contributed by atoms with Crippen LogP contribution in [0.15, 0.2) is 36.4 Å². The van der Waals surface area contributed by atoms with E-state index in [1.807, 2.05) is 39.0 Å². The van der Waals surface area contributed by atoms with E-state index < -0.39 is 0 Å². The molecule has 2 heteroatoms. The summed E-state index contributed by atoms with van der Waals surface area (Å²) < 4.78 is 0. The summed E-state index contributed by atoms with van der Waals surface area (Å²) in [4.78, 5) is 11.6. The predicted octanol–water partition coefficient (Wildman–Crippen LogP) is 3.25. The summed E-state index contributed by atoms with van der Waals surface area (Å²) in [5, 5.41) is 2.92. The van der Waals surface area contributed by atoms with E-state index in [9.17, 15) is 4.79 Å². The second-order valence-corrected chi connectivity index (χ2v) is 5.11. The van der Waals surface area contributed by atoms with Gasteiger partial charge in [-0.2, -0.15) is 0 Å². The Kier molecular flexibility index (Phi) is 4.95. The molecule has 17 heavy (non-hydrogen) atoms. The highest BCUT2D eigenvalue weighted by Crippen LogP contribution is 2.12. The van der Waals surface area contributed by atoms with Gasteiger partial charge in [0.1, 0.15) is 0 Å². The van der Waals surface area contributed by atoms with Crippen molar-refractivity contribution >= 4 is 12.0 Å². The Morgan fingerprint density at radius 2 is 1.88 bits per heavy atom. The second kappa shape index (κ2) is 6.24. The molecule has 0 aliphatic heterocycles. The molecule has 0 aliphatic carbocycles. The number of benzene rings is 1. The second-order valence-electron chi connectivity index (χ2n) is 5.11. The molecule has 0 fully saturated rings. The van der Waals surface area contributed by atoms with Gasteiger partial charge >= 0.3 is 0 Å². The molecule has 1 rings (SSSR count). The molecule has 0 aliphatic rings. The summed E-state index contributed by atoms with van der Waals surface area (Å²) in [7, 11) is 0. The zero-order valence-electron chi connectivity index (χ0n) is 10.9. The van der Waals surface area contributed by atoms with Crippen LogP contribution in [-0.2, 0) is 4.79 Å². The van der Waals surface area contributed by atoms with E-state index in [0.717, 1.165) is 6.42 Å². The summed E-state index contributed by atoms with van der Waals surface area (Å²) in [5.41, 5.74) is 0.887. The van der Waals surface area contributed by atoms with Crippen molar-refractivity contribution in [2.45, 2.75) is 27.2 Å². The van der Waals surface area contributed by atoms with Gasteiger partial charge in [-0.25, -0.2) is 0 Å². The molecule has 1 N–H and O–H groups in total. The molecule has 1 aromatic rings. The first-order valence-electron chi connectivity index (χ1n) is 6.00. The lowest BCUT2D eigenvalue weighted by atomic mass is 9.96. The molecule has 0 saturated carbocycles. The van der Waals surface area contributed by atoms with E-state index in [2.05, 4.69) is 29.6 Å². The van der Waals surface area contributed by atoms with Gasteiger partial charge in [-0.05, 0) is 12.0 Å². The summed E-state index contributed by atoms with van der Waals surface area (Å²) in [6.07, 6.45) is 5.01. The molecule has 0 unspecified atom stereocenters. The van der Waals surface area contributed by atoms with Crippen LogP contribution >= 0.6 is 0 Å². The minimum atomic E-state index is -0.302. The molecule has 0 bridgehead atoms. The first-order valence-corrected chi connectivity index (χ1v) is 6.00. The monoisotopic (exact) mass is 231 g/mol. The van der Waals surface area contributed by atoms with E-state index in [1.165, 1.54) is 5.56 Å². The van der Waals surface area contributed by atoms with Gasteiger partial charge in [0.15, 0.2) is 0 Å². The highest BCUT2D eigenvalue weighted by atomic mass is 16.2. The number of amides is 1. The van der Waals surface area contributed by atoms with Crippen LogP contribution in [0.25, 0.3) is 6.08 Å². The summed E-state index contributed by atoms with van der Waals surface area (Å²) >= 11 is 0. The number of nitrogens with one attached hydrogen (secondary N) is 1. The normalized spacial score (nSPS) is 11.7. The molecular weight excluding hydrogens is 210 g/mol. The van der Waals surface area contributed by atoms with E-state index in [0.29, 0.717) is 6.54 Å². The third-order valence-corrected chi connectivity index (χ3v) is 2.39. The number of hydrogen-bond acceptors (Lipinski definition) is 1. The van der Waals surface area contributed by atoms with Gasteiger partial charge in [-0.1, -0.05) is 63.3 Å². The van der Waals surface area contributed by atoms with Crippen molar-refractivity contribution in [2.24, 2.45) is 5.41 Å². The standard InChI is InChI=1S/C15H21NO/c1-15(2,3)14(17)16-12-8-7-11-13-9-5-4-6-10-13/h4-7,9-11H,8,12H2,1-3H3,(H,16,17)/b11-7+. The maximum atomic E-state index is 11.6. The highest BCUT2D eigenvalue weighted by Gasteiger charge is 2.19. The number of carbonyl (C=O) groups excluding carboxylic acids is 1. The van der Waals surface area contributed by atoms with Crippen molar-refractivity contribution in [2.75, 3.05) is 6.54 Å². The predicted molar refractivity (Wildman–Crippen MR) is 72.6 cm³/mol. The molecule has 0 atom stereocenters. The lowest BCUT2D eigenvalue weighted by Crippen LogP contribution is -2.35. The minimum absolute atomic E-state index is 0.102. The van der Waals surface area contributed by atoms with Gasteiger partial charge in [-0.3, -0.25) is 4.79 Å². The van der Waals surface area contributed by atoms with Crippen LogP contribution in [0.2, 0.25) is 0 Å². The van der Waals surface area contributed by atoms with Crippen molar-refractivity contribution < 1.29 is 4.79 Å². The Labute approximate surface area is 104 Å². The molecule has 1 amide bonds. The zero-order chi connectivity index (χ0) is 12.7. The quantitative estimate of drug-likeness (QED) is 0.792. The zero-order valence-corrected chi connectivity index (χ0v) is 10.9. The Morgan fingerprint density at radius 1 is 1.24 bits per heavy atom. The lowest BCUT2D eigenvalue weighted by molar-refractivity contribution is -0.128. The smallest absolute Gasteiger partial charge is 0.225 e. The van der Waals surface area contributed by atoms with Gasteiger partial charge in [0.05, 0.1) is 0 Å². The third-order valence-electron chi connectivity index (χ3n) is 2.39. The van der Waals surface area contributed by atoms with E-state index in [-0.39, 0.29) is 11.3 Å². The van der Waals surface area contributed by atoms with Crippen LogP contribution < -0.4 is 5.32 Å². The van der Waals surface area contributed by atoms with Crippen molar-refractivity contribution in [3.05, 3.63) is 42.0 Å². The fourth-order valence-corrected chi connectivity index (χ4v) is 1.32. The molecule has 0 saturated heterocycles. The first kappa shape index (κ1) is 13.5. The van der Waals surface area contributed by atoms with Gasteiger partial charge in [0.2, 0.25) is 5.91 Å². The third kappa shape index (κ3) is 5.34. The largest absolute Gasteiger partial charge is 0.355 e. The van der Waals surface area contributed by atoms with E-state index >= 15 is 0 Å². The van der Waals surface area contributed by atoms with Crippen molar-refractivity contribution in [3.63, 3.8) is 0 Å².